The summed E-state index contributed by atoms with van der Waals surface area (Å²) in [4.78, 5) is 0. The molecule has 0 atom stereocenters. The molecule has 116 valence electrons. The van der Waals surface area contributed by atoms with Crippen molar-refractivity contribution in [2.75, 3.05) is 0 Å². The maximum absolute atomic E-state index is 14.1. The molecule has 0 N–H and O–H groups in total. The first-order valence-corrected chi connectivity index (χ1v) is 8.55. The molecule has 0 heterocycles. The zero-order valence-corrected chi connectivity index (χ0v) is 16.0. The van der Waals surface area contributed by atoms with Crippen LogP contribution in [0.15, 0.2) is 24.3 Å². The van der Waals surface area contributed by atoms with Crippen LogP contribution >= 0.6 is 24.8 Å². The number of hydrogen-bond donors (Lipinski definition) is 0. The van der Waals surface area contributed by atoms with E-state index in [4.69, 9.17) is 3.32 Å². The van der Waals surface area contributed by atoms with Gasteiger partial charge in [0.1, 0.15) is 0 Å². The summed E-state index contributed by atoms with van der Waals surface area (Å²) in [6, 6.07) is 7.83. The molecular formula is C15H25Cl2FOTi. The molecule has 0 saturated heterocycles. The Balaban J connectivity index is 0. The van der Waals surface area contributed by atoms with Gasteiger partial charge in [0, 0.05) is 0 Å². The second kappa shape index (κ2) is 9.94. The fourth-order valence-corrected chi connectivity index (χ4v) is 3.34. The summed E-state index contributed by atoms with van der Waals surface area (Å²) in [6.45, 7) is 10.4. The molecule has 1 aromatic carbocycles. The van der Waals surface area contributed by atoms with Crippen molar-refractivity contribution in [3.05, 3.63) is 29.8 Å². The molecule has 0 aromatic heterocycles. The minimum atomic E-state index is -2.98. The SMILES string of the molecule is CC[C](CC)=[Ti]([F])[O]c1cccc(C(C)(C)C)c1.Cl.Cl. The zero-order chi connectivity index (χ0) is 13.8. The number of hydrogen-bond acceptors (Lipinski definition) is 1. The van der Waals surface area contributed by atoms with Gasteiger partial charge in [0.2, 0.25) is 0 Å². The summed E-state index contributed by atoms with van der Waals surface area (Å²) >= 11 is -2.98. The van der Waals surface area contributed by atoms with Crippen molar-refractivity contribution in [2.45, 2.75) is 52.9 Å². The third-order valence-corrected chi connectivity index (χ3v) is 5.66. The van der Waals surface area contributed by atoms with Crippen LogP contribution in [0.1, 0.15) is 53.0 Å². The van der Waals surface area contributed by atoms with Crippen LogP contribution in [0.4, 0.5) is 3.09 Å². The van der Waals surface area contributed by atoms with Crippen LogP contribution in [-0.4, -0.2) is 3.81 Å². The number of benzene rings is 1. The second-order valence-electron chi connectivity index (χ2n) is 5.46. The monoisotopic (exact) mass is 358 g/mol. The Morgan fingerprint density at radius 3 is 2.15 bits per heavy atom. The van der Waals surface area contributed by atoms with E-state index in [0.29, 0.717) is 5.75 Å². The normalized spacial score (nSPS) is 10.1. The van der Waals surface area contributed by atoms with E-state index < -0.39 is 18.3 Å². The largest absolute Gasteiger partial charge is 0.147 e. The van der Waals surface area contributed by atoms with Gasteiger partial charge in [-0.25, -0.2) is 0 Å². The molecule has 1 aromatic rings. The maximum atomic E-state index is 14.1. The Kier molecular flexibility index (Phi) is 11.1. The summed E-state index contributed by atoms with van der Waals surface area (Å²) < 4.78 is 20.6. The van der Waals surface area contributed by atoms with E-state index in [1.807, 2.05) is 32.0 Å². The third-order valence-electron chi connectivity index (χ3n) is 3.04. The molecule has 0 unspecified atom stereocenters. The summed E-state index contributed by atoms with van der Waals surface area (Å²) in [5, 5.41) is 0. The topological polar surface area (TPSA) is 9.23 Å². The van der Waals surface area contributed by atoms with Gasteiger partial charge in [-0.3, -0.25) is 0 Å². The predicted octanol–water partition coefficient (Wildman–Crippen LogP) is 5.62. The summed E-state index contributed by atoms with van der Waals surface area (Å²) in [5.74, 6) is 0.680. The van der Waals surface area contributed by atoms with E-state index in [9.17, 15) is 3.09 Å². The van der Waals surface area contributed by atoms with Gasteiger partial charge < -0.3 is 0 Å². The van der Waals surface area contributed by atoms with Crippen molar-refractivity contribution in [2.24, 2.45) is 0 Å². The minimum Gasteiger partial charge on any atom is -0.147 e. The first-order valence-electron chi connectivity index (χ1n) is 6.54. The van der Waals surface area contributed by atoms with Crippen molar-refractivity contribution >= 4 is 28.6 Å². The Morgan fingerprint density at radius 1 is 1.15 bits per heavy atom. The number of halogens is 3. The molecule has 0 radical (unpaired) electrons. The van der Waals surface area contributed by atoms with Crippen LogP contribution in [0.3, 0.4) is 0 Å². The zero-order valence-electron chi connectivity index (χ0n) is 12.8. The average Bonchev–Trinajstić information content (AvgIpc) is 2.29. The minimum absolute atomic E-state index is 0. The molecule has 1 rings (SSSR count). The molecule has 0 spiro atoms. The molecule has 0 amide bonds. The standard InChI is InChI=1S/C10H14O.C5H10.2ClH.FH.Ti/c1-10(2,3)8-5-4-6-9(11)7-8;1-3-5-4-2;;;;/h4-7,11H,1-3H3;3-4H2,1-2H3;3*1H;/q;;;;;+2/p-2. The van der Waals surface area contributed by atoms with Crippen LogP contribution in [-0.2, 0) is 23.7 Å². The molecule has 0 saturated carbocycles. The molecule has 5 heteroatoms. The average molecular weight is 359 g/mol. The Bertz CT molecular complexity index is 436. The molecule has 20 heavy (non-hydrogen) atoms. The molecule has 0 aliphatic rings. The van der Waals surface area contributed by atoms with E-state index in [2.05, 4.69) is 26.8 Å². The van der Waals surface area contributed by atoms with Crippen LogP contribution in [0.5, 0.6) is 5.75 Å². The van der Waals surface area contributed by atoms with Crippen LogP contribution in [0.2, 0.25) is 0 Å². The van der Waals surface area contributed by atoms with Crippen LogP contribution in [0, 0.1) is 0 Å². The third kappa shape index (κ3) is 6.71. The van der Waals surface area contributed by atoms with Crippen molar-refractivity contribution in [1.29, 1.82) is 0 Å². The van der Waals surface area contributed by atoms with Gasteiger partial charge in [-0.1, -0.05) is 0 Å². The quantitative estimate of drug-likeness (QED) is 0.635. The van der Waals surface area contributed by atoms with E-state index in [-0.39, 0.29) is 30.2 Å². The van der Waals surface area contributed by atoms with Gasteiger partial charge in [-0.15, -0.1) is 24.8 Å². The summed E-state index contributed by atoms with van der Waals surface area (Å²) in [5.41, 5.74) is 1.25. The Labute approximate surface area is 141 Å². The van der Waals surface area contributed by atoms with E-state index in [1.165, 1.54) is 5.56 Å². The van der Waals surface area contributed by atoms with Gasteiger partial charge >= 0.3 is 117 Å². The van der Waals surface area contributed by atoms with E-state index in [0.717, 1.165) is 16.7 Å². The summed E-state index contributed by atoms with van der Waals surface area (Å²) in [7, 11) is 0. The van der Waals surface area contributed by atoms with E-state index >= 15 is 0 Å². The molecule has 0 aliphatic carbocycles. The van der Waals surface area contributed by atoms with Crippen molar-refractivity contribution in [1.82, 2.24) is 0 Å². The smallest absolute Gasteiger partial charge is 0.147 e. The van der Waals surface area contributed by atoms with Gasteiger partial charge in [-0.05, 0) is 0 Å². The van der Waals surface area contributed by atoms with E-state index in [1.54, 1.807) is 0 Å². The van der Waals surface area contributed by atoms with Gasteiger partial charge in [0.05, 0.1) is 0 Å². The molecule has 0 fully saturated rings. The second-order valence-corrected chi connectivity index (χ2v) is 7.74. The Morgan fingerprint density at radius 2 is 1.70 bits per heavy atom. The van der Waals surface area contributed by atoms with Crippen molar-refractivity contribution in [3.63, 3.8) is 0 Å². The first-order chi connectivity index (χ1) is 8.38. The van der Waals surface area contributed by atoms with Gasteiger partial charge in [0.25, 0.3) is 0 Å². The maximum Gasteiger partial charge on any atom is -0.147 e. The first kappa shape index (κ1) is 22.4. The molecular weight excluding hydrogens is 334 g/mol. The molecule has 0 bridgehead atoms. The molecule has 1 nitrogen and oxygen atoms in total. The fraction of sp³-hybridized carbons (Fsp3) is 0.533. The molecule has 0 aliphatic heterocycles. The predicted molar refractivity (Wildman–Crippen MR) is 87.0 cm³/mol. The van der Waals surface area contributed by atoms with Crippen molar-refractivity contribution in [3.8, 4) is 5.75 Å². The summed E-state index contributed by atoms with van der Waals surface area (Å²) in [6.07, 6.45) is 1.59. The Hall–Kier alpha value is 0.114. The number of rotatable bonds is 4. The van der Waals surface area contributed by atoms with Gasteiger partial charge in [-0.2, -0.15) is 0 Å². The van der Waals surface area contributed by atoms with Crippen molar-refractivity contribution < 1.29 is 24.7 Å². The van der Waals surface area contributed by atoms with Crippen LogP contribution < -0.4 is 3.32 Å². The fourth-order valence-electron chi connectivity index (χ4n) is 1.73. The van der Waals surface area contributed by atoms with Crippen LogP contribution in [0.25, 0.3) is 0 Å². The van der Waals surface area contributed by atoms with Gasteiger partial charge in [0.15, 0.2) is 0 Å².